The Morgan fingerprint density at radius 1 is 1.47 bits per heavy atom. The minimum absolute atomic E-state index is 0.332. The molecule has 0 bridgehead atoms. The molecule has 4 heteroatoms. The second-order valence-corrected chi connectivity index (χ2v) is 3.81. The van der Waals surface area contributed by atoms with Crippen molar-refractivity contribution < 1.29 is 14.3 Å². The zero-order valence-corrected chi connectivity index (χ0v) is 8.96. The molecule has 0 heterocycles. The highest BCUT2D eigenvalue weighted by Gasteiger charge is 2.01. The van der Waals surface area contributed by atoms with E-state index in [9.17, 15) is 4.39 Å². The third-order valence-electron chi connectivity index (χ3n) is 1.81. The molecule has 0 spiro atoms. The third-order valence-corrected chi connectivity index (χ3v) is 1.81. The Morgan fingerprint density at radius 3 is 2.80 bits per heavy atom. The summed E-state index contributed by atoms with van der Waals surface area (Å²) in [5, 5.41) is 8.96. The van der Waals surface area contributed by atoms with Crippen molar-refractivity contribution in [1.82, 2.24) is 5.48 Å². The summed E-state index contributed by atoms with van der Waals surface area (Å²) in [6, 6.07) is 4.25. The molecule has 0 aliphatic rings. The van der Waals surface area contributed by atoms with Gasteiger partial charge in [0.2, 0.25) is 0 Å². The number of nitrogens with one attached hydrogen (secondary N) is 1. The fourth-order valence-electron chi connectivity index (χ4n) is 1.02. The van der Waals surface area contributed by atoms with Crippen molar-refractivity contribution >= 4 is 0 Å². The Hall–Kier alpha value is -1.13. The van der Waals surface area contributed by atoms with Gasteiger partial charge in [0.1, 0.15) is 0 Å². The highest BCUT2D eigenvalue weighted by Crippen LogP contribution is 2.15. The zero-order valence-electron chi connectivity index (χ0n) is 8.96. The van der Waals surface area contributed by atoms with Crippen LogP contribution in [0.25, 0.3) is 0 Å². The Labute approximate surface area is 88.8 Å². The molecule has 1 aromatic rings. The normalized spacial score (nSPS) is 10.9. The molecule has 1 rings (SSSR count). The van der Waals surface area contributed by atoms with E-state index in [0.717, 1.165) is 5.56 Å². The standard InChI is InChI=1S/C11H16FNO2/c1-8(2)7-15-13-6-9-3-4-11(14)10(12)5-9/h3-5,8,13-14H,6-7H2,1-2H3. The molecule has 84 valence electrons. The van der Waals surface area contributed by atoms with E-state index in [-0.39, 0.29) is 5.75 Å². The number of hydrogen-bond donors (Lipinski definition) is 2. The van der Waals surface area contributed by atoms with E-state index in [0.29, 0.717) is 19.1 Å². The lowest BCUT2D eigenvalue weighted by Gasteiger charge is -2.08. The van der Waals surface area contributed by atoms with Crippen molar-refractivity contribution in [3.63, 3.8) is 0 Å². The van der Waals surface area contributed by atoms with E-state index in [1.165, 1.54) is 12.1 Å². The molecule has 1 aromatic carbocycles. The molecule has 0 amide bonds. The monoisotopic (exact) mass is 213 g/mol. The molecule has 15 heavy (non-hydrogen) atoms. The Morgan fingerprint density at radius 2 is 2.20 bits per heavy atom. The summed E-state index contributed by atoms with van der Waals surface area (Å²) in [5.74, 6) is -0.492. The van der Waals surface area contributed by atoms with Crippen LogP contribution in [0.3, 0.4) is 0 Å². The van der Waals surface area contributed by atoms with E-state index in [1.807, 2.05) is 13.8 Å². The predicted octanol–water partition coefficient (Wildman–Crippen LogP) is 2.21. The maximum Gasteiger partial charge on any atom is 0.165 e. The Bertz CT molecular complexity index is 315. The van der Waals surface area contributed by atoms with E-state index in [2.05, 4.69) is 5.48 Å². The number of phenolic OH excluding ortho intramolecular Hbond substituents is 1. The van der Waals surface area contributed by atoms with Gasteiger partial charge in [-0.25, -0.2) is 4.39 Å². The molecule has 0 aliphatic carbocycles. The molecule has 0 aromatic heterocycles. The summed E-state index contributed by atoms with van der Waals surface area (Å²) in [6.07, 6.45) is 0. The van der Waals surface area contributed by atoms with Crippen LogP contribution in [0, 0.1) is 11.7 Å². The maximum atomic E-state index is 12.9. The fourth-order valence-corrected chi connectivity index (χ4v) is 1.02. The number of rotatable bonds is 5. The number of halogens is 1. The lowest BCUT2D eigenvalue weighted by Crippen LogP contribution is -2.17. The lowest BCUT2D eigenvalue weighted by atomic mass is 10.2. The van der Waals surface area contributed by atoms with Crippen LogP contribution in [0.2, 0.25) is 0 Å². The van der Waals surface area contributed by atoms with Crippen molar-refractivity contribution in [1.29, 1.82) is 0 Å². The van der Waals surface area contributed by atoms with Crippen molar-refractivity contribution in [3.8, 4) is 5.75 Å². The van der Waals surface area contributed by atoms with Gasteiger partial charge in [-0.3, -0.25) is 0 Å². The van der Waals surface area contributed by atoms with Gasteiger partial charge in [-0.1, -0.05) is 19.9 Å². The first-order chi connectivity index (χ1) is 7.09. The molecular weight excluding hydrogens is 197 g/mol. The molecule has 2 N–H and O–H groups in total. The second-order valence-electron chi connectivity index (χ2n) is 3.81. The van der Waals surface area contributed by atoms with Crippen LogP contribution in [0.5, 0.6) is 5.75 Å². The SMILES string of the molecule is CC(C)CONCc1ccc(O)c(F)c1. The largest absolute Gasteiger partial charge is 0.505 e. The summed E-state index contributed by atoms with van der Waals surface area (Å²) in [5.41, 5.74) is 3.46. The maximum absolute atomic E-state index is 12.9. The van der Waals surface area contributed by atoms with Gasteiger partial charge < -0.3 is 9.94 Å². The number of aromatic hydroxyl groups is 1. The molecule has 0 aliphatic heterocycles. The molecular formula is C11H16FNO2. The Balaban J connectivity index is 2.35. The third kappa shape index (κ3) is 4.27. The van der Waals surface area contributed by atoms with Gasteiger partial charge in [0.25, 0.3) is 0 Å². The summed E-state index contributed by atoms with van der Waals surface area (Å²) in [7, 11) is 0. The van der Waals surface area contributed by atoms with Crippen molar-refractivity contribution in [2.24, 2.45) is 5.92 Å². The first-order valence-corrected chi connectivity index (χ1v) is 4.91. The summed E-state index contributed by atoms with van der Waals surface area (Å²) in [4.78, 5) is 5.13. The summed E-state index contributed by atoms with van der Waals surface area (Å²) in [6.45, 7) is 5.12. The van der Waals surface area contributed by atoms with Gasteiger partial charge in [-0.2, -0.15) is 5.48 Å². The highest BCUT2D eigenvalue weighted by atomic mass is 19.1. The van der Waals surface area contributed by atoms with Gasteiger partial charge in [0.05, 0.1) is 6.61 Å². The van der Waals surface area contributed by atoms with Crippen LogP contribution < -0.4 is 5.48 Å². The van der Waals surface area contributed by atoms with Crippen molar-refractivity contribution in [3.05, 3.63) is 29.6 Å². The summed E-state index contributed by atoms with van der Waals surface area (Å²) < 4.78 is 12.9. The van der Waals surface area contributed by atoms with E-state index < -0.39 is 5.82 Å². The number of hydroxylamine groups is 1. The van der Waals surface area contributed by atoms with Crippen LogP contribution in [0.4, 0.5) is 4.39 Å². The fraction of sp³-hybridized carbons (Fsp3) is 0.455. The van der Waals surface area contributed by atoms with Gasteiger partial charge >= 0.3 is 0 Å². The first kappa shape index (κ1) is 11.9. The van der Waals surface area contributed by atoms with Crippen LogP contribution >= 0.6 is 0 Å². The van der Waals surface area contributed by atoms with Crippen LogP contribution in [0.15, 0.2) is 18.2 Å². The minimum atomic E-state index is -0.613. The van der Waals surface area contributed by atoms with Gasteiger partial charge in [0.15, 0.2) is 11.6 Å². The molecule has 0 fully saturated rings. The average Bonchev–Trinajstić information content (AvgIpc) is 2.18. The highest BCUT2D eigenvalue weighted by molar-refractivity contribution is 5.27. The van der Waals surface area contributed by atoms with Crippen molar-refractivity contribution in [2.75, 3.05) is 6.61 Å². The quantitative estimate of drug-likeness (QED) is 0.582. The van der Waals surface area contributed by atoms with Gasteiger partial charge in [-0.05, 0) is 23.6 Å². The van der Waals surface area contributed by atoms with Gasteiger partial charge in [-0.15, -0.1) is 0 Å². The van der Waals surface area contributed by atoms with Crippen LogP contribution in [0.1, 0.15) is 19.4 Å². The molecule has 0 unspecified atom stereocenters. The van der Waals surface area contributed by atoms with E-state index in [4.69, 9.17) is 9.94 Å². The van der Waals surface area contributed by atoms with Crippen LogP contribution in [-0.2, 0) is 11.4 Å². The average molecular weight is 213 g/mol. The van der Waals surface area contributed by atoms with Gasteiger partial charge in [0, 0.05) is 6.54 Å². The Kier molecular flexibility index (Phi) is 4.52. The molecule has 0 saturated heterocycles. The molecule has 0 atom stereocenters. The molecule has 0 radical (unpaired) electrons. The van der Waals surface area contributed by atoms with E-state index >= 15 is 0 Å². The lowest BCUT2D eigenvalue weighted by molar-refractivity contribution is 0.0196. The van der Waals surface area contributed by atoms with Crippen molar-refractivity contribution in [2.45, 2.75) is 20.4 Å². The molecule has 0 saturated carbocycles. The summed E-state index contributed by atoms with van der Waals surface area (Å²) >= 11 is 0. The van der Waals surface area contributed by atoms with E-state index in [1.54, 1.807) is 6.07 Å². The molecule has 3 nitrogen and oxygen atoms in total. The number of hydrogen-bond acceptors (Lipinski definition) is 3. The first-order valence-electron chi connectivity index (χ1n) is 4.91. The predicted molar refractivity (Wildman–Crippen MR) is 55.7 cm³/mol. The second kappa shape index (κ2) is 5.68. The van der Waals surface area contributed by atoms with Crippen LogP contribution in [-0.4, -0.2) is 11.7 Å². The topological polar surface area (TPSA) is 41.5 Å². The number of phenols is 1. The minimum Gasteiger partial charge on any atom is -0.505 e. The smallest absolute Gasteiger partial charge is 0.165 e. The number of benzene rings is 1. The zero-order chi connectivity index (χ0) is 11.3.